The maximum Gasteiger partial charge on any atom is 0.415 e. The molecule has 9 heteroatoms. The molecule has 8 nitrogen and oxygen atoms in total. The van der Waals surface area contributed by atoms with E-state index in [0.717, 1.165) is 25.7 Å². The molecule has 1 fully saturated rings. The lowest BCUT2D eigenvalue weighted by molar-refractivity contribution is -0.727. The van der Waals surface area contributed by atoms with Gasteiger partial charge in [-0.1, -0.05) is 29.8 Å². The molecule has 1 unspecified atom stereocenters. The standard InChI is InChI=1S/C25H31ClN4O4/c1-29(25(13-5-4-12-22(25)31)20-10-2-3-11-21(20)26)24(33)34-18-30-16-8-9-19(17-30)23(32)28-15-7-6-14-27/h2-3,8-11,16-17H,4-7,12-15,18,27H2,1H3/p+1. The van der Waals surface area contributed by atoms with E-state index in [-0.39, 0.29) is 18.4 Å². The van der Waals surface area contributed by atoms with Crippen molar-refractivity contribution in [3.05, 3.63) is 64.9 Å². The van der Waals surface area contributed by atoms with Gasteiger partial charge in [-0.3, -0.25) is 14.5 Å². The van der Waals surface area contributed by atoms with Gasteiger partial charge in [0.25, 0.3) is 12.6 Å². The Balaban J connectivity index is 1.71. The molecular formula is C25H32ClN4O4+. The van der Waals surface area contributed by atoms with Crippen molar-refractivity contribution in [3.63, 3.8) is 0 Å². The number of rotatable bonds is 9. The van der Waals surface area contributed by atoms with Gasteiger partial charge in [0.1, 0.15) is 11.1 Å². The molecule has 2 amide bonds. The first kappa shape index (κ1) is 25.6. The lowest BCUT2D eigenvalue weighted by atomic mass is 9.74. The van der Waals surface area contributed by atoms with Crippen LogP contribution in [0.4, 0.5) is 4.79 Å². The minimum Gasteiger partial charge on any atom is -0.388 e. The molecule has 2 aromatic rings. The molecule has 0 bridgehead atoms. The van der Waals surface area contributed by atoms with Crippen molar-refractivity contribution < 1.29 is 23.7 Å². The van der Waals surface area contributed by atoms with Crippen LogP contribution >= 0.6 is 11.6 Å². The lowest BCUT2D eigenvalue weighted by Crippen LogP contribution is -2.55. The van der Waals surface area contributed by atoms with Crippen LogP contribution in [0, 0.1) is 0 Å². The second-order valence-electron chi connectivity index (χ2n) is 8.43. The number of ether oxygens (including phenoxy) is 1. The number of aromatic nitrogens is 1. The van der Waals surface area contributed by atoms with Gasteiger partial charge < -0.3 is 15.8 Å². The number of likely N-dealkylation sites (N-methyl/N-ethyl adjacent to an activating group) is 1. The number of carbonyl (C=O) groups excluding carboxylic acids is 3. The highest BCUT2D eigenvalue weighted by Gasteiger charge is 2.48. The summed E-state index contributed by atoms with van der Waals surface area (Å²) in [5.74, 6) is -0.257. The van der Waals surface area contributed by atoms with E-state index >= 15 is 0 Å². The molecule has 34 heavy (non-hydrogen) atoms. The fourth-order valence-corrected chi connectivity index (χ4v) is 4.61. The number of nitrogens with zero attached hydrogens (tertiary/aromatic N) is 2. The number of carbonyl (C=O) groups is 3. The molecule has 0 radical (unpaired) electrons. The number of ketones is 1. The number of hydrogen-bond acceptors (Lipinski definition) is 5. The zero-order valence-corrected chi connectivity index (χ0v) is 20.2. The topological polar surface area (TPSA) is 106 Å². The second kappa shape index (κ2) is 11.9. The fourth-order valence-electron chi connectivity index (χ4n) is 4.32. The van der Waals surface area contributed by atoms with E-state index in [1.807, 2.05) is 6.07 Å². The maximum atomic E-state index is 13.2. The summed E-state index contributed by atoms with van der Waals surface area (Å²) in [6.07, 6.45) is 6.76. The third kappa shape index (κ3) is 5.74. The van der Waals surface area contributed by atoms with E-state index in [4.69, 9.17) is 22.1 Å². The van der Waals surface area contributed by atoms with Gasteiger partial charge in [-0.05, 0) is 50.8 Å². The first-order valence-corrected chi connectivity index (χ1v) is 11.9. The van der Waals surface area contributed by atoms with Gasteiger partial charge >= 0.3 is 6.09 Å². The Morgan fingerprint density at radius 2 is 2.00 bits per heavy atom. The molecule has 3 rings (SSSR count). The smallest absolute Gasteiger partial charge is 0.388 e. The summed E-state index contributed by atoms with van der Waals surface area (Å²) in [6.45, 7) is 1.03. The van der Waals surface area contributed by atoms with Crippen LogP contribution in [0.25, 0.3) is 0 Å². The van der Waals surface area contributed by atoms with Gasteiger partial charge in [0.15, 0.2) is 18.2 Å². The first-order chi connectivity index (χ1) is 16.4. The SMILES string of the molecule is CN(C(=O)OC[n+]1cccc(C(=O)NCCCCN)c1)C1(c2ccccc2Cl)CCCCC1=O. The zero-order valence-electron chi connectivity index (χ0n) is 19.5. The summed E-state index contributed by atoms with van der Waals surface area (Å²) in [5.41, 5.74) is 5.38. The largest absolute Gasteiger partial charge is 0.415 e. The highest BCUT2D eigenvalue weighted by molar-refractivity contribution is 6.31. The maximum absolute atomic E-state index is 13.2. The van der Waals surface area contributed by atoms with E-state index in [1.165, 1.54) is 4.90 Å². The van der Waals surface area contributed by atoms with Crippen LogP contribution in [0.3, 0.4) is 0 Å². The van der Waals surface area contributed by atoms with Crippen molar-refractivity contribution in [1.82, 2.24) is 10.2 Å². The number of pyridine rings is 1. The Morgan fingerprint density at radius 3 is 2.74 bits per heavy atom. The summed E-state index contributed by atoms with van der Waals surface area (Å²) in [7, 11) is 1.57. The van der Waals surface area contributed by atoms with Crippen molar-refractivity contribution in [2.45, 2.75) is 50.8 Å². The summed E-state index contributed by atoms with van der Waals surface area (Å²) in [6, 6.07) is 10.5. The number of nitrogens with one attached hydrogen (secondary N) is 1. The molecule has 1 heterocycles. The molecule has 1 aromatic carbocycles. The summed E-state index contributed by atoms with van der Waals surface area (Å²) in [5, 5.41) is 3.29. The monoisotopic (exact) mass is 487 g/mol. The quantitative estimate of drug-likeness (QED) is 0.417. The van der Waals surface area contributed by atoms with Crippen molar-refractivity contribution in [2.24, 2.45) is 5.73 Å². The molecule has 1 atom stereocenters. The molecule has 1 saturated carbocycles. The molecule has 0 aliphatic heterocycles. The molecule has 1 aliphatic rings. The predicted molar refractivity (Wildman–Crippen MR) is 128 cm³/mol. The zero-order chi connectivity index (χ0) is 24.6. The highest BCUT2D eigenvalue weighted by Crippen LogP contribution is 2.42. The lowest BCUT2D eigenvalue weighted by Gasteiger charge is -2.43. The van der Waals surface area contributed by atoms with Gasteiger partial charge in [-0.25, -0.2) is 4.79 Å². The van der Waals surface area contributed by atoms with Crippen molar-refractivity contribution in [3.8, 4) is 0 Å². The summed E-state index contributed by atoms with van der Waals surface area (Å²) in [4.78, 5) is 40.0. The highest BCUT2D eigenvalue weighted by atomic mass is 35.5. The first-order valence-electron chi connectivity index (χ1n) is 11.6. The summed E-state index contributed by atoms with van der Waals surface area (Å²) >= 11 is 6.46. The Hall–Kier alpha value is -2.97. The van der Waals surface area contributed by atoms with Crippen LogP contribution in [0.5, 0.6) is 0 Å². The van der Waals surface area contributed by atoms with E-state index in [0.29, 0.717) is 42.1 Å². The van der Waals surface area contributed by atoms with E-state index in [9.17, 15) is 14.4 Å². The molecule has 0 spiro atoms. The van der Waals surface area contributed by atoms with Crippen LogP contribution in [0.1, 0.15) is 54.4 Å². The van der Waals surface area contributed by atoms with Gasteiger partial charge in [-0.2, -0.15) is 4.57 Å². The number of amides is 2. The summed E-state index contributed by atoms with van der Waals surface area (Å²) < 4.78 is 7.14. The third-order valence-corrected chi connectivity index (χ3v) is 6.52. The average Bonchev–Trinajstić information content (AvgIpc) is 2.85. The molecule has 1 aliphatic carbocycles. The van der Waals surface area contributed by atoms with Gasteiger partial charge in [-0.15, -0.1) is 0 Å². The van der Waals surface area contributed by atoms with Crippen LogP contribution in [0.2, 0.25) is 5.02 Å². The average molecular weight is 488 g/mol. The number of halogens is 1. The molecule has 182 valence electrons. The Labute approximate surface area is 205 Å². The van der Waals surface area contributed by atoms with Crippen molar-refractivity contribution >= 4 is 29.4 Å². The number of unbranched alkanes of at least 4 members (excludes halogenated alkanes) is 1. The predicted octanol–water partition coefficient (Wildman–Crippen LogP) is 3.16. The number of benzene rings is 1. The fraction of sp³-hybridized carbons (Fsp3) is 0.440. The van der Waals surface area contributed by atoms with E-state index < -0.39 is 11.6 Å². The van der Waals surface area contributed by atoms with Crippen molar-refractivity contribution in [1.29, 1.82) is 0 Å². The minimum atomic E-state index is -1.16. The van der Waals surface area contributed by atoms with Crippen LogP contribution in [0.15, 0.2) is 48.8 Å². The second-order valence-corrected chi connectivity index (χ2v) is 8.83. The van der Waals surface area contributed by atoms with Crippen LogP contribution in [-0.4, -0.2) is 42.8 Å². The molecule has 3 N–H and O–H groups in total. The Bertz CT molecular complexity index is 1030. The van der Waals surface area contributed by atoms with E-state index in [2.05, 4.69) is 5.32 Å². The Morgan fingerprint density at radius 1 is 1.21 bits per heavy atom. The minimum absolute atomic E-state index is 0.0488. The number of nitrogens with two attached hydrogens (primary N) is 1. The Kier molecular flexibility index (Phi) is 9.01. The van der Waals surface area contributed by atoms with Gasteiger partial charge in [0.05, 0.1) is 0 Å². The number of Topliss-reactive ketones (excluding diaryl/α,β-unsaturated/α-hetero) is 1. The normalized spacial score (nSPS) is 17.8. The van der Waals surface area contributed by atoms with Crippen molar-refractivity contribution in [2.75, 3.05) is 20.1 Å². The molecular weight excluding hydrogens is 456 g/mol. The van der Waals surface area contributed by atoms with Gasteiger partial charge in [0, 0.05) is 36.7 Å². The van der Waals surface area contributed by atoms with E-state index in [1.54, 1.807) is 54.3 Å². The molecule has 1 aromatic heterocycles. The molecule has 0 saturated heterocycles. The van der Waals surface area contributed by atoms with Crippen LogP contribution < -0.4 is 15.6 Å². The number of hydrogen-bond donors (Lipinski definition) is 2. The van der Waals surface area contributed by atoms with Gasteiger partial charge in [0.2, 0.25) is 0 Å². The third-order valence-electron chi connectivity index (χ3n) is 6.19. The van der Waals surface area contributed by atoms with Crippen LogP contribution in [-0.2, 0) is 21.8 Å².